The largest absolute Gasteiger partial charge is 0.467 e. The van der Waals surface area contributed by atoms with E-state index in [0.717, 1.165) is 13.0 Å². The molecule has 1 aromatic heterocycles. The normalized spacial score (nSPS) is 15.5. The summed E-state index contributed by atoms with van der Waals surface area (Å²) >= 11 is 0. The van der Waals surface area contributed by atoms with E-state index < -0.39 is 6.10 Å². The van der Waals surface area contributed by atoms with Gasteiger partial charge in [0, 0.05) is 18.5 Å². The first-order valence-electron chi connectivity index (χ1n) is 7.31. The second-order valence-electron chi connectivity index (χ2n) is 5.78. The van der Waals surface area contributed by atoms with E-state index in [-0.39, 0.29) is 18.1 Å². The number of furan rings is 1. The van der Waals surface area contributed by atoms with Gasteiger partial charge in [0.15, 0.2) is 0 Å². The fourth-order valence-corrected chi connectivity index (χ4v) is 2.00. The van der Waals surface area contributed by atoms with Gasteiger partial charge in [0.05, 0.1) is 6.26 Å². The van der Waals surface area contributed by atoms with Gasteiger partial charge in [-0.1, -0.05) is 0 Å². The summed E-state index contributed by atoms with van der Waals surface area (Å²) in [5.41, 5.74) is 0. The maximum absolute atomic E-state index is 11.8. The standard InChI is InChI=1S/C15H27N3O3/c1-11(7-8-18(3)4)16-15(20)17-12(2)10-13(19)14-6-5-9-21-14/h5-6,9,11-13,19H,7-8,10H2,1-4H3,(H2,16,17,20). The molecule has 6 nitrogen and oxygen atoms in total. The van der Waals surface area contributed by atoms with Crippen LogP contribution >= 0.6 is 0 Å². The third kappa shape index (κ3) is 7.15. The average molecular weight is 297 g/mol. The monoisotopic (exact) mass is 297 g/mol. The molecule has 1 heterocycles. The molecule has 0 aliphatic carbocycles. The smallest absolute Gasteiger partial charge is 0.315 e. The highest BCUT2D eigenvalue weighted by molar-refractivity contribution is 5.74. The van der Waals surface area contributed by atoms with Crippen molar-refractivity contribution < 1.29 is 14.3 Å². The van der Waals surface area contributed by atoms with Crippen LogP contribution in [0.1, 0.15) is 38.6 Å². The zero-order valence-corrected chi connectivity index (χ0v) is 13.3. The van der Waals surface area contributed by atoms with Crippen LogP contribution in [0.3, 0.4) is 0 Å². The molecule has 21 heavy (non-hydrogen) atoms. The zero-order chi connectivity index (χ0) is 15.8. The summed E-state index contributed by atoms with van der Waals surface area (Å²) in [6, 6.07) is 3.21. The minimum atomic E-state index is -0.707. The molecule has 0 spiro atoms. The number of hydrogen-bond donors (Lipinski definition) is 3. The van der Waals surface area contributed by atoms with E-state index in [1.54, 1.807) is 12.1 Å². The van der Waals surface area contributed by atoms with Gasteiger partial charge in [-0.15, -0.1) is 0 Å². The van der Waals surface area contributed by atoms with Gasteiger partial charge >= 0.3 is 6.03 Å². The van der Waals surface area contributed by atoms with Crippen LogP contribution in [-0.2, 0) is 0 Å². The third-order valence-corrected chi connectivity index (χ3v) is 3.21. The minimum Gasteiger partial charge on any atom is -0.467 e. The summed E-state index contributed by atoms with van der Waals surface area (Å²) < 4.78 is 5.14. The number of hydrogen-bond acceptors (Lipinski definition) is 4. The van der Waals surface area contributed by atoms with E-state index in [1.165, 1.54) is 6.26 Å². The van der Waals surface area contributed by atoms with Gasteiger partial charge in [-0.25, -0.2) is 4.79 Å². The summed E-state index contributed by atoms with van der Waals surface area (Å²) in [6.07, 6.45) is 2.12. The van der Waals surface area contributed by atoms with Crippen LogP contribution in [0.25, 0.3) is 0 Å². The Bertz CT molecular complexity index is 406. The molecule has 120 valence electrons. The number of amides is 2. The lowest BCUT2D eigenvalue weighted by molar-refractivity contribution is 0.129. The van der Waals surface area contributed by atoms with Crippen molar-refractivity contribution in [2.45, 2.75) is 44.9 Å². The number of urea groups is 1. The molecule has 6 heteroatoms. The van der Waals surface area contributed by atoms with Crippen LogP contribution in [0.2, 0.25) is 0 Å². The second kappa shape index (κ2) is 8.69. The average Bonchev–Trinajstić information content (AvgIpc) is 2.89. The van der Waals surface area contributed by atoms with Crippen molar-refractivity contribution in [3.63, 3.8) is 0 Å². The van der Waals surface area contributed by atoms with E-state index in [2.05, 4.69) is 15.5 Å². The first-order valence-corrected chi connectivity index (χ1v) is 7.31. The van der Waals surface area contributed by atoms with Crippen molar-refractivity contribution >= 4 is 6.03 Å². The molecule has 0 saturated carbocycles. The number of rotatable bonds is 8. The number of aliphatic hydroxyl groups is 1. The molecule has 0 fully saturated rings. The van der Waals surface area contributed by atoms with Gasteiger partial charge in [0.2, 0.25) is 0 Å². The highest BCUT2D eigenvalue weighted by atomic mass is 16.4. The van der Waals surface area contributed by atoms with Crippen molar-refractivity contribution in [3.8, 4) is 0 Å². The number of aliphatic hydroxyl groups excluding tert-OH is 1. The van der Waals surface area contributed by atoms with E-state index in [4.69, 9.17) is 4.42 Å². The summed E-state index contributed by atoms with van der Waals surface area (Å²) in [5.74, 6) is 0.517. The zero-order valence-electron chi connectivity index (χ0n) is 13.3. The molecule has 2 amide bonds. The lowest BCUT2D eigenvalue weighted by Gasteiger charge is -2.20. The Kier molecular flexibility index (Phi) is 7.25. The highest BCUT2D eigenvalue weighted by Crippen LogP contribution is 2.18. The van der Waals surface area contributed by atoms with Crippen LogP contribution in [-0.4, -0.2) is 48.8 Å². The molecule has 3 atom stereocenters. The predicted octanol–water partition coefficient (Wildman–Crippen LogP) is 1.73. The van der Waals surface area contributed by atoms with Crippen LogP contribution in [0.4, 0.5) is 4.79 Å². The summed E-state index contributed by atoms with van der Waals surface area (Å²) in [5, 5.41) is 15.7. The van der Waals surface area contributed by atoms with Gasteiger partial charge in [-0.2, -0.15) is 0 Å². The lowest BCUT2D eigenvalue weighted by atomic mass is 10.1. The quantitative estimate of drug-likeness (QED) is 0.683. The van der Waals surface area contributed by atoms with Crippen molar-refractivity contribution in [2.75, 3.05) is 20.6 Å². The fourth-order valence-electron chi connectivity index (χ4n) is 2.00. The molecule has 3 unspecified atom stereocenters. The summed E-state index contributed by atoms with van der Waals surface area (Å²) in [6.45, 7) is 4.76. The second-order valence-corrected chi connectivity index (χ2v) is 5.78. The van der Waals surface area contributed by atoms with E-state index >= 15 is 0 Å². The van der Waals surface area contributed by atoms with E-state index in [9.17, 15) is 9.90 Å². The SMILES string of the molecule is CC(CCN(C)C)NC(=O)NC(C)CC(O)c1ccco1. The predicted molar refractivity (Wildman–Crippen MR) is 82.0 cm³/mol. The Morgan fingerprint density at radius 1 is 1.33 bits per heavy atom. The van der Waals surface area contributed by atoms with Crippen molar-refractivity contribution in [3.05, 3.63) is 24.2 Å². The van der Waals surface area contributed by atoms with Gasteiger partial charge < -0.3 is 25.1 Å². The van der Waals surface area contributed by atoms with Crippen molar-refractivity contribution in [1.82, 2.24) is 15.5 Å². The lowest BCUT2D eigenvalue weighted by Crippen LogP contribution is -2.45. The molecule has 1 aromatic rings. The maximum atomic E-state index is 11.8. The molecule has 1 rings (SSSR count). The van der Waals surface area contributed by atoms with Crippen LogP contribution in [0.5, 0.6) is 0 Å². The first kappa shape index (κ1) is 17.5. The molecule has 0 radical (unpaired) electrons. The van der Waals surface area contributed by atoms with Crippen LogP contribution < -0.4 is 10.6 Å². The molecular formula is C15H27N3O3. The Labute approximate surface area is 126 Å². The van der Waals surface area contributed by atoms with E-state index in [1.807, 2.05) is 27.9 Å². The van der Waals surface area contributed by atoms with Crippen LogP contribution in [0, 0.1) is 0 Å². The van der Waals surface area contributed by atoms with Gasteiger partial charge in [0.25, 0.3) is 0 Å². The van der Waals surface area contributed by atoms with Gasteiger partial charge in [-0.3, -0.25) is 0 Å². The topological polar surface area (TPSA) is 77.7 Å². The van der Waals surface area contributed by atoms with Gasteiger partial charge in [-0.05, 0) is 53.0 Å². The van der Waals surface area contributed by atoms with Crippen molar-refractivity contribution in [1.29, 1.82) is 0 Å². The van der Waals surface area contributed by atoms with Crippen LogP contribution in [0.15, 0.2) is 22.8 Å². The highest BCUT2D eigenvalue weighted by Gasteiger charge is 2.17. The van der Waals surface area contributed by atoms with E-state index in [0.29, 0.717) is 12.2 Å². The molecule has 0 bridgehead atoms. The number of carbonyl (C=O) groups excluding carboxylic acids is 1. The third-order valence-electron chi connectivity index (χ3n) is 3.21. The Hall–Kier alpha value is -1.53. The number of carbonyl (C=O) groups is 1. The van der Waals surface area contributed by atoms with Crippen molar-refractivity contribution in [2.24, 2.45) is 0 Å². The summed E-state index contributed by atoms with van der Waals surface area (Å²) in [4.78, 5) is 13.9. The Morgan fingerprint density at radius 3 is 2.57 bits per heavy atom. The molecule has 3 N–H and O–H groups in total. The molecule has 0 aliphatic rings. The fraction of sp³-hybridized carbons (Fsp3) is 0.667. The molecule has 0 saturated heterocycles. The molecular weight excluding hydrogens is 270 g/mol. The number of nitrogens with one attached hydrogen (secondary N) is 2. The Morgan fingerprint density at radius 2 is 2.00 bits per heavy atom. The Balaban J connectivity index is 2.27. The number of nitrogens with zero attached hydrogens (tertiary/aromatic N) is 1. The van der Waals surface area contributed by atoms with Gasteiger partial charge in [0.1, 0.15) is 11.9 Å². The minimum absolute atomic E-state index is 0.106. The maximum Gasteiger partial charge on any atom is 0.315 e. The summed E-state index contributed by atoms with van der Waals surface area (Å²) in [7, 11) is 4.01. The molecule has 0 aliphatic heterocycles. The first-order chi connectivity index (χ1) is 9.88. The molecule has 0 aromatic carbocycles.